The molecule has 0 spiro atoms. The number of carbonyl (C=O) groups excluding carboxylic acids is 2. The summed E-state index contributed by atoms with van der Waals surface area (Å²) in [4.78, 5) is 22.9. The van der Waals surface area contributed by atoms with Crippen LogP contribution in [0.4, 0.5) is 0 Å². The fourth-order valence-electron chi connectivity index (χ4n) is 1.58. The van der Waals surface area contributed by atoms with Crippen LogP contribution in [0.3, 0.4) is 0 Å². The molecule has 2 rings (SSSR count). The molecule has 1 amide bonds. The van der Waals surface area contributed by atoms with E-state index in [1.54, 1.807) is 0 Å². The molecule has 0 atom stereocenters. The molecule has 1 aromatic heterocycles. The van der Waals surface area contributed by atoms with E-state index in [1.165, 1.54) is 7.11 Å². The van der Waals surface area contributed by atoms with Gasteiger partial charge in [-0.2, -0.15) is 5.10 Å². The Hall–Kier alpha value is -2.15. The minimum atomic E-state index is -0.516. The molecular weight excluding hydrogens is 326 g/mol. The van der Waals surface area contributed by atoms with Crippen LogP contribution < -0.4 is 5.32 Å². The Balaban J connectivity index is 2.17. The van der Waals surface area contributed by atoms with Gasteiger partial charge in [-0.15, -0.1) is 0 Å². The van der Waals surface area contributed by atoms with Crippen molar-refractivity contribution in [3.63, 3.8) is 0 Å². The zero-order valence-corrected chi connectivity index (χ0v) is 12.2. The van der Waals surface area contributed by atoms with E-state index < -0.39 is 11.9 Å². The second kappa shape index (κ2) is 6.33. The third-order valence-corrected chi connectivity index (χ3v) is 3.37. The number of methoxy groups -OCH3 is 1. The normalized spacial score (nSPS) is 10.1. The Morgan fingerprint density at radius 1 is 1.35 bits per heavy atom. The predicted molar refractivity (Wildman–Crippen MR) is 76.1 cm³/mol. The van der Waals surface area contributed by atoms with Crippen LogP contribution in [-0.4, -0.2) is 35.7 Å². The van der Waals surface area contributed by atoms with Gasteiger partial charge in [-0.3, -0.25) is 14.7 Å². The number of hydrogen-bond donors (Lipinski definition) is 2. The number of H-pyrrole nitrogens is 1. The largest absolute Gasteiger partial charge is 0.468 e. The van der Waals surface area contributed by atoms with Crippen LogP contribution in [0.5, 0.6) is 0 Å². The van der Waals surface area contributed by atoms with Crippen molar-refractivity contribution in [2.45, 2.75) is 0 Å². The second-order valence-corrected chi connectivity index (χ2v) is 4.68. The third kappa shape index (κ3) is 3.05. The second-order valence-electron chi connectivity index (χ2n) is 3.89. The summed E-state index contributed by atoms with van der Waals surface area (Å²) in [6.07, 6.45) is 0. The van der Waals surface area contributed by atoms with E-state index in [9.17, 15) is 9.59 Å². The van der Waals surface area contributed by atoms with Crippen LogP contribution in [0.2, 0.25) is 0 Å². The van der Waals surface area contributed by atoms with E-state index in [4.69, 9.17) is 0 Å². The lowest BCUT2D eigenvalue weighted by atomic mass is 10.1. The van der Waals surface area contributed by atoms with Crippen LogP contribution in [-0.2, 0) is 9.53 Å². The molecule has 0 bridgehead atoms. The first-order valence-electron chi connectivity index (χ1n) is 5.77. The summed E-state index contributed by atoms with van der Waals surface area (Å²) >= 11 is 3.34. The topological polar surface area (TPSA) is 84.1 Å². The summed E-state index contributed by atoms with van der Waals surface area (Å²) in [5, 5.41) is 9.20. The van der Waals surface area contributed by atoms with E-state index in [2.05, 4.69) is 36.2 Å². The summed E-state index contributed by atoms with van der Waals surface area (Å²) < 4.78 is 5.00. The monoisotopic (exact) mass is 337 g/mol. The molecule has 2 N–H and O–H groups in total. The smallest absolute Gasteiger partial charge is 0.325 e. The van der Waals surface area contributed by atoms with Gasteiger partial charge < -0.3 is 10.1 Å². The van der Waals surface area contributed by atoms with E-state index in [1.807, 2.05) is 30.3 Å². The molecular formula is C13H12BrN3O3. The molecule has 1 heterocycles. The number of hydrogen-bond acceptors (Lipinski definition) is 4. The molecule has 0 radical (unpaired) electrons. The average Bonchev–Trinajstić information content (AvgIpc) is 2.87. The van der Waals surface area contributed by atoms with Gasteiger partial charge in [0.2, 0.25) is 0 Å². The van der Waals surface area contributed by atoms with Crippen molar-refractivity contribution in [1.82, 2.24) is 15.5 Å². The third-order valence-electron chi connectivity index (χ3n) is 2.60. The summed E-state index contributed by atoms with van der Waals surface area (Å²) in [6, 6.07) is 9.43. The maximum absolute atomic E-state index is 11.9. The molecule has 104 valence electrons. The minimum Gasteiger partial charge on any atom is -0.468 e. The van der Waals surface area contributed by atoms with Gasteiger partial charge in [-0.25, -0.2) is 0 Å². The molecule has 0 saturated heterocycles. The van der Waals surface area contributed by atoms with Crippen molar-refractivity contribution in [2.24, 2.45) is 0 Å². The summed E-state index contributed by atoms with van der Waals surface area (Å²) in [5.41, 5.74) is 1.77. The number of benzene rings is 1. The summed E-state index contributed by atoms with van der Waals surface area (Å²) in [5.74, 6) is -0.950. The predicted octanol–water partition coefficient (Wildman–Crippen LogP) is 1.74. The maximum Gasteiger partial charge on any atom is 0.325 e. The molecule has 0 aliphatic heterocycles. The molecule has 6 nitrogen and oxygen atoms in total. The van der Waals surface area contributed by atoms with E-state index in [0.717, 1.165) is 5.56 Å². The van der Waals surface area contributed by atoms with Crippen molar-refractivity contribution in [3.05, 3.63) is 40.5 Å². The number of aromatic nitrogens is 2. The zero-order chi connectivity index (χ0) is 14.5. The molecule has 20 heavy (non-hydrogen) atoms. The van der Waals surface area contributed by atoms with E-state index in [-0.39, 0.29) is 12.2 Å². The SMILES string of the molecule is COC(=O)CNC(=O)c1[nH]nc(-c2ccccc2)c1Br. The van der Waals surface area contributed by atoms with Crippen LogP contribution >= 0.6 is 15.9 Å². The molecule has 0 fully saturated rings. The Morgan fingerprint density at radius 3 is 2.70 bits per heavy atom. The molecule has 0 aliphatic rings. The molecule has 7 heteroatoms. The van der Waals surface area contributed by atoms with Gasteiger partial charge >= 0.3 is 5.97 Å². The molecule has 2 aromatic rings. The fourth-order valence-corrected chi connectivity index (χ4v) is 2.17. The number of amides is 1. The van der Waals surface area contributed by atoms with Crippen molar-refractivity contribution >= 4 is 27.8 Å². The van der Waals surface area contributed by atoms with Gasteiger partial charge in [0, 0.05) is 5.56 Å². The minimum absolute atomic E-state index is 0.193. The van der Waals surface area contributed by atoms with Crippen molar-refractivity contribution < 1.29 is 14.3 Å². The highest BCUT2D eigenvalue weighted by molar-refractivity contribution is 9.10. The first-order valence-corrected chi connectivity index (χ1v) is 6.57. The number of nitrogens with one attached hydrogen (secondary N) is 2. The molecule has 0 unspecified atom stereocenters. The number of aromatic amines is 1. The average molecular weight is 338 g/mol. The van der Waals surface area contributed by atoms with Crippen molar-refractivity contribution in [2.75, 3.05) is 13.7 Å². The Labute approximate surface area is 123 Å². The van der Waals surface area contributed by atoms with Crippen molar-refractivity contribution in [3.8, 4) is 11.3 Å². The number of ether oxygens (including phenoxy) is 1. The highest BCUT2D eigenvalue weighted by Gasteiger charge is 2.18. The standard InChI is InChI=1S/C13H12BrN3O3/c1-20-9(18)7-15-13(19)12-10(14)11(16-17-12)8-5-3-2-4-6-8/h2-6H,7H2,1H3,(H,15,19)(H,16,17). The number of halogens is 1. The lowest BCUT2D eigenvalue weighted by molar-refractivity contribution is -0.139. The summed E-state index contributed by atoms with van der Waals surface area (Å²) in [6.45, 7) is -0.193. The lowest BCUT2D eigenvalue weighted by Gasteiger charge is -2.02. The van der Waals surface area contributed by atoms with Gasteiger partial charge in [0.25, 0.3) is 5.91 Å². The quantitative estimate of drug-likeness (QED) is 0.832. The van der Waals surface area contributed by atoms with Crippen LogP contribution in [0.1, 0.15) is 10.5 Å². The van der Waals surface area contributed by atoms with Gasteiger partial charge in [-0.1, -0.05) is 30.3 Å². The molecule has 0 aliphatic carbocycles. The zero-order valence-electron chi connectivity index (χ0n) is 10.6. The number of nitrogens with zero attached hydrogens (tertiary/aromatic N) is 1. The van der Waals surface area contributed by atoms with Crippen LogP contribution in [0, 0.1) is 0 Å². The van der Waals surface area contributed by atoms with Crippen LogP contribution in [0.15, 0.2) is 34.8 Å². The van der Waals surface area contributed by atoms with Crippen LogP contribution in [0.25, 0.3) is 11.3 Å². The van der Waals surface area contributed by atoms with E-state index >= 15 is 0 Å². The number of carbonyl (C=O) groups is 2. The summed E-state index contributed by atoms with van der Waals surface area (Å²) in [7, 11) is 1.26. The first-order chi connectivity index (χ1) is 9.63. The molecule has 0 saturated carbocycles. The number of esters is 1. The highest BCUT2D eigenvalue weighted by atomic mass is 79.9. The van der Waals surface area contributed by atoms with Gasteiger partial charge in [0.1, 0.15) is 17.9 Å². The van der Waals surface area contributed by atoms with E-state index in [0.29, 0.717) is 10.2 Å². The maximum atomic E-state index is 11.9. The van der Waals surface area contributed by atoms with Gasteiger partial charge in [-0.05, 0) is 15.9 Å². The molecule has 1 aromatic carbocycles. The number of rotatable bonds is 4. The Morgan fingerprint density at radius 2 is 2.05 bits per heavy atom. The Bertz CT molecular complexity index is 625. The fraction of sp³-hybridized carbons (Fsp3) is 0.154. The highest BCUT2D eigenvalue weighted by Crippen LogP contribution is 2.28. The van der Waals surface area contributed by atoms with Gasteiger partial charge in [0.05, 0.1) is 11.6 Å². The lowest BCUT2D eigenvalue weighted by Crippen LogP contribution is -2.30. The van der Waals surface area contributed by atoms with Gasteiger partial charge in [0.15, 0.2) is 0 Å². The Kier molecular flexibility index (Phi) is 4.52. The first kappa shape index (κ1) is 14.3. The van der Waals surface area contributed by atoms with Crippen molar-refractivity contribution in [1.29, 1.82) is 0 Å².